The SMILES string of the molecule is Cc1ccc(C(CBr)OCC2CCCO2)cc1. The van der Waals surface area contributed by atoms with E-state index in [-0.39, 0.29) is 6.10 Å². The molecule has 17 heavy (non-hydrogen) atoms. The zero-order chi connectivity index (χ0) is 12.1. The maximum absolute atomic E-state index is 5.93. The molecular formula is C14H19BrO2. The van der Waals surface area contributed by atoms with Crippen molar-refractivity contribution >= 4 is 15.9 Å². The molecule has 1 heterocycles. The number of rotatable bonds is 5. The molecule has 0 spiro atoms. The molecule has 0 amide bonds. The van der Waals surface area contributed by atoms with Crippen LogP contribution in [-0.2, 0) is 9.47 Å². The lowest BCUT2D eigenvalue weighted by molar-refractivity contribution is -0.0127. The van der Waals surface area contributed by atoms with Crippen LogP contribution in [0.3, 0.4) is 0 Å². The predicted molar refractivity (Wildman–Crippen MR) is 72.6 cm³/mol. The van der Waals surface area contributed by atoms with Crippen LogP contribution >= 0.6 is 15.9 Å². The molecule has 0 saturated carbocycles. The molecule has 0 radical (unpaired) electrons. The Bertz CT molecular complexity index is 331. The molecule has 1 saturated heterocycles. The van der Waals surface area contributed by atoms with Gasteiger partial charge in [-0.25, -0.2) is 0 Å². The Morgan fingerprint density at radius 2 is 2.18 bits per heavy atom. The first kappa shape index (κ1) is 13.1. The molecule has 2 nitrogen and oxygen atoms in total. The Morgan fingerprint density at radius 1 is 1.41 bits per heavy atom. The predicted octanol–water partition coefficient (Wildman–Crippen LogP) is 3.63. The van der Waals surface area contributed by atoms with Crippen LogP contribution in [0.5, 0.6) is 0 Å². The van der Waals surface area contributed by atoms with Gasteiger partial charge < -0.3 is 9.47 Å². The maximum atomic E-state index is 5.93. The molecule has 2 rings (SSSR count). The number of halogens is 1. The second-order valence-electron chi connectivity index (χ2n) is 4.52. The molecule has 1 aromatic carbocycles. The Labute approximate surface area is 111 Å². The lowest BCUT2D eigenvalue weighted by Crippen LogP contribution is -2.17. The lowest BCUT2D eigenvalue weighted by atomic mass is 10.1. The summed E-state index contributed by atoms with van der Waals surface area (Å²) >= 11 is 3.51. The van der Waals surface area contributed by atoms with Gasteiger partial charge in [0.15, 0.2) is 0 Å². The minimum Gasteiger partial charge on any atom is -0.376 e. The molecular weight excluding hydrogens is 280 g/mol. The van der Waals surface area contributed by atoms with Crippen molar-refractivity contribution in [3.63, 3.8) is 0 Å². The van der Waals surface area contributed by atoms with Gasteiger partial charge in [0.2, 0.25) is 0 Å². The summed E-state index contributed by atoms with van der Waals surface area (Å²) in [5, 5.41) is 0.822. The molecule has 2 atom stereocenters. The molecule has 0 aliphatic carbocycles. The topological polar surface area (TPSA) is 18.5 Å². The summed E-state index contributed by atoms with van der Waals surface area (Å²) in [6, 6.07) is 8.52. The Hall–Kier alpha value is -0.380. The highest BCUT2D eigenvalue weighted by atomic mass is 79.9. The van der Waals surface area contributed by atoms with Crippen molar-refractivity contribution in [2.24, 2.45) is 0 Å². The first-order valence-electron chi connectivity index (χ1n) is 6.15. The molecule has 94 valence electrons. The number of benzene rings is 1. The molecule has 1 aliphatic heterocycles. The average Bonchev–Trinajstić information content (AvgIpc) is 2.85. The van der Waals surface area contributed by atoms with E-state index in [1.807, 2.05) is 0 Å². The summed E-state index contributed by atoms with van der Waals surface area (Å²) in [5.41, 5.74) is 2.51. The van der Waals surface area contributed by atoms with Gasteiger partial charge in [-0.3, -0.25) is 0 Å². The normalized spacial score (nSPS) is 21.6. The second-order valence-corrected chi connectivity index (χ2v) is 5.17. The van der Waals surface area contributed by atoms with E-state index in [4.69, 9.17) is 9.47 Å². The minimum absolute atomic E-state index is 0.125. The van der Waals surface area contributed by atoms with Crippen molar-refractivity contribution in [3.8, 4) is 0 Å². The van der Waals surface area contributed by atoms with Gasteiger partial charge in [-0.2, -0.15) is 0 Å². The Kier molecular flexibility index (Phi) is 5.01. The lowest BCUT2D eigenvalue weighted by Gasteiger charge is -2.18. The van der Waals surface area contributed by atoms with E-state index in [0.717, 1.165) is 24.8 Å². The number of ether oxygens (including phenoxy) is 2. The standard InChI is InChI=1S/C14H19BrO2/c1-11-4-6-12(7-5-11)14(9-15)17-10-13-3-2-8-16-13/h4-7,13-14H,2-3,8-10H2,1H3. The summed E-state index contributed by atoms with van der Waals surface area (Å²) in [5.74, 6) is 0. The molecule has 1 aliphatic rings. The fourth-order valence-electron chi connectivity index (χ4n) is 2.01. The highest BCUT2D eigenvalue weighted by Gasteiger charge is 2.18. The molecule has 1 fully saturated rings. The highest BCUT2D eigenvalue weighted by molar-refractivity contribution is 9.09. The van der Waals surface area contributed by atoms with Crippen molar-refractivity contribution in [2.45, 2.75) is 32.0 Å². The third-order valence-corrected chi connectivity index (χ3v) is 3.68. The van der Waals surface area contributed by atoms with Crippen LogP contribution in [0.25, 0.3) is 0 Å². The van der Waals surface area contributed by atoms with Crippen molar-refractivity contribution < 1.29 is 9.47 Å². The van der Waals surface area contributed by atoms with Crippen LogP contribution in [0.1, 0.15) is 30.1 Å². The van der Waals surface area contributed by atoms with Gasteiger partial charge in [0.1, 0.15) is 0 Å². The van der Waals surface area contributed by atoms with Crippen LogP contribution < -0.4 is 0 Å². The molecule has 2 unspecified atom stereocenters. The first-order chi connectivity index (χ1) is 8.29. The minimum atomic E-state index is 0.125. The number of hydrogen-bond acceptors (Lipinski definition) is 2. The fourth-order valence-corrected chi connectivity index (χ4v) is 2.57. The summed E-state index contributed by atoms with van der Waals surface area (Å²) in [6.45, 7) is 3.68. The number of alkyl halides is 1. The molecule has 3 heteroatoms. The van der Waals surface area contributed by atoms with Gasteiger partial charge in [0.25, 0.3) is 0 Å². The van der Waals surface area contributed by atoms with Gasteiger partial charge in [0, 0.05) is 11.9 Å². The van der Waals surface area contributed by atoms with Crippen molar-refractivity contribution in [1.29, 1.82) is 0 Å². The third-order valence-electron chi connectivity index (χ3n) is 3.10. The molecule has 0 bridgehead atoms. The van der Waals surface area contributed by atoms with Crippen LogP contribution in [0.2, 0.25) is 0 Å². The number of hydrogen-bond donors (Lipinski definition) is 0. The van der Waals surface area contributed by atoms with Gasteiger partial charge in [-0.05, 0) is 25.3 Å². The van der Waals surface area contributed by atoms with E-state index in [1.165, 1.54) is 11.1 Å². The largest absolute Gasteiger partial charge is 0.376 e. The first-order valence-corrected chi connectivity index (χ1v) is 7.27. The van der Waals surface area contributed by atoms with Gasteiger partial charge in [-0.15, -0.1) is 0 Å². The van der Waals surface area contributed by atoms with Gasteiger partial charge >= 0.3 is 0 Å². The summed E-state index contributed by atoms with van der Waals surface area (Å²) in [6.07, 6.45) is 2.71. The van der Waals surface area contributed by atoms with Crippen LogP contribution in [0.15, 0.2) is 24.3 Å². The van der Waals surface area contributed by atoms with E-state index < -0.39 is 0 Å². The monoisotopic (exact) mass is 298 g/mol. The molecule has 0 N–H and O–H groups in total. The average molecular weight is 299 g/mol. The molecule has 1 aromatic rings. The Balaban J connectivity index is 1.89. The second kappa shape index (κ2) is 6.53. The van der Waals surface area contributed by atoms with Crippen molar-refractivity contribution in [1.82, 2.24) is 0 Å². The van der Waals surface area contributed by atoms with Crippen LogP contribution in [-0.4, -0.2) is 24.6 Å². The zero-order valence-electron chi connectivity index (χ0n) is 10.2. The zero-order valence-corrected chi connectivity index (χ0v) is 11.8. The number of aryl methyl sites for hydroxylation is 1. The summed E-state index contributed by atoms with van der Waals surface area (Å²) < 4.78 is 11.5. The van der Waals surface area contributed by atoms with Crippen LogP contribution in [0, 0.1) is 6.92 Å². The smallest absolute Gasteiger partial charge is 0.0922 e. The van der Waals surface area contributed by atoms with E-state index in [2.05, 4.69) is 47.1 Å². The third kappa shape index (κ3) is 3.80. The fraction of sp³-hybridized carbons (Fsp3) is 0.571. The Morgan fingerprint density at radius 3 is 2.76 bits per heavy atom. The van der Waals surface area contributed by atoms with Gasteiger partial charge in [-0.1, -0.05) is 45.8 Å². The van der Waals surface area contributed by atoms with Gasteiger partial charge in [0.05, 0.1) is 18.8 Å². The van der Waals surface area contributed by atoms with E-state index in [9.17, 15) is 0 Å². The van der Waals surface area contributed by atoms with Crippen molar-refractivity contribution in [3.05, 3.63) is 35.4 Å². The summed E-state index contributed by atoms with van der Waals surface area (Å²) in [7, 11) is 0. The van der Waals surface area contributed by atoms with E-state index >= 15 is 0 Å². The van der Waals surface area contributed by atoms with E-state index in [1.54, 1.807) is 0 Å². The molecule has 0 aromatic heterocycles. The summed E-state index contributed by atoms with van der Waals surface area (Å²) in [4.78, 5) is 0. The maximum Gasteiger partial charge on any atom is 0.0922 e. The van der Waals surface area contributed by atoms with E-state index in [0.29, 0.717) is 12.7 Å². The van der Waals surface area contributed by atoms with Crippen molar-refractivity contribution in [2.75, 3.05) is 18.5 Å². The quantitative estimate of drug-likeness (QED) is 0.773. The highest BCUT2D eigenvalue weighted by Crippen LogP contribution is 2.22. The van der Waals surface area contributed by atoms with Crippen LogP contribution in [0.4, 0.5) is 0 Å².